The summed E-state index contributed by atoms with van der Waals surface area (Å²) in [5.74, 6) is 1.90. The van der Waals surface area contributed by atoms with Gasteiger partial charge in [0.05, 0.1) is 5.69 Å². The Morgan fingerprint density at radius 2 is 1.85 bits per heavy atom. The average Bonchev–Trinajstić information content (AvgIpc) is 2.32. The Hall–Kier alpha value is -1.62. The van der Waals surface area contributed by atoms with Gasteiger partial charge in [-0.15, -0.1) is 0 Å². The number of rotatable bonds is 2. The van der Waals surface area contributed by atoms with Gasteiger partial charge in [0.2, 0.25) is 0 Å². The minimum absolute atomic E-state index is 0.143. The van der Waals surface area contributed by atoms with E-state index in [4.69, 9.17) is 5.73 Å². The molecule has 0 atom stereocenters. The lowest BCUT2D eigenvalue weighted by molar-refractivity contribution is 0.547. The van der Waals surface area contributed by atoms with Crippen LogP contribution in [0.15, 0.2) is 28.7 Å². The van der Waals surface area contributed by atoms with Crippen molar-refractivity contribution in [2.45, 2.75) is 33.1 Å². The third-order valence-electron chi connectivity index (χ3n) is 2.80. The number of aromatic nitrogens is 2. The van der Waals surface area contributed by atoms with Gasteiger partial charge in [-0.2, -0.15) is 0 Å². The lowest BCUT2D eigenvalue weighted by atomic mass is 9.96. The average molecular weight is 335 g/mol. The first-order valence-electron chi connectivity index (χ1n) is 6.44. The van der Waals surface area contributed by atoms with E-state index < -0.39 is 0 Å². The third kappa shape index (κ3) is 3.48. The first-order valence-corrected chi connectivity index (χ1v) is 7.23. The molecule has 0 radical (unpaired) electrons. The first-order chi connectivity index (χ1) is 9.25. The lowest BCUT2D eigenvalue weighted by Crippen LogP contribution is -2.17. The molecule has 20 heavy (non-hydrogen) atoms. The Kier molecular flexibility index (Phi) is 3.99. The van der Waals surface area contributed by atoms with Crippen LogP contribution in [0.1, 0.15) is 32.2 Å². The molecule has 106 valence electrons. The maximum atomic E-state index is 5.87. The highest BCUT2D eigenvalue weighted by atomic mass is 79.9. The molecule has 0 bridgehead atoms. The van der Waals surface area contributed by atoms with E-state index >= 15 is 0 Å². The number of anilines is 3. The highest BCUT2D eigenvalue weighted by Gasteiger charge is 2.18. The van der Waals surface area contributed by atoms with E-state index in [0.29, 0.717) is 11.6 Å². The second-order valence-corrected chi connectivity index (χ2v) is 6.71. The fraction of sp³-hybridized carbons (Fsp3) is 0.333. The van der Waals surface area contributed by atoms with Crippen LogP contribution in [0.25, 0.3) is 0 Å². The minimum atomic E-state index is -0.143. The summed E-state index contributed by atoms with van der Waals surface area (Å²) in [5.41, 5.74) is 7.87. The van der Waals surface area contributed by atoms with Gasteiger partial charge in [-0.1, -0.05) is 26.8 Å². The van der Waals surface area contributed by atoms with Gasteiger partial charge in [0.15, 0.2) is 0 Å². The van der Waals surface area contributed by atoms with E-state index in [1.54, 1.807) is 6.07 Å². The highest BCUT2D eigenvalue weighted by Crippen LogP contribution is 2.28. The quantitative estimate of drug-likeness (QED) is 0.864. The van der Waals surface area contributed by atoms with E-state index in [1.807, 2.05) is 19.1 Å². The molecule has 0 unspecified atom stereocenters. The van der Waals surface area contributed by atoms with E-state index in [9.17, 15) is 0 Å². The Morgan fingerprint density at radius 3 is 2.50 bits per heavy atom. The molecule has 0 aliphatic heterocycles. The molecule has 0 amide bonds. The molecule has 5 heteroatoms. The zero-order valence-corrected chi connectivity index (χ0v) is 13.7. The summed E-state index contributed by atoms with van der Waals surface area (Å²) in [7, 11) is 0. The van der Waals surface area contributed by atoms with E-state index in [-0.39, 0.29) is 5.41 Å². The van der Waals surface area contributed by atoms with Crippen molar-refractivity contribution in [3.8, 4) is 0 Å². The first kappa shape index (κ1) is 14.8. The van der Waals surface area contributed by atoms with Crippen molar-refractivity contribution in [3.05, 3.63) is 40.1 Å². The molecule has 0 saturated heterocycles. The standard InChI is InChI=1S/C15H19BrN4/c1-9-5-6-10(16)11(7-9)18-13-8-12(17)19-14(20-13)15(2,3)4/h5-8H,1-4H3,(H3,17,18,19,20). The predicted octanol–water partition coefficient (Wildman–Crippen LogP) is 4.17. The van der Waals surface area contributed by atoms with Gasteiger partial charge in [-0.05, 0) is 40.5 Å². The molecule has 0 fully saturated rings. The molecule has 0 spiro atoms. The van der Waals surface area contributed by atoms with Gasteiger partial charge in [0, 0.05) is 16.0 Å². The Labute approximate surface area is 128 Å². The molecule has 1 aromatic heterocycles. The normalized spacial score (nSPS) is 11.4. The Balaban J connectivity index is 2.39. The largest absolute Gasteiger partial charge is 0.384 e. The fourth-order valence-corrected chi connectivity index (χ4v) is 2.08. The second kappa shape index (κ2) is 5.40. The molecular formula is C15H19BrN4. The molecule has 4 nitrogen and oxygen atoms in total. The van der Waals surface area contributed by atoms with Crippen LogP contribution in [0.4, 0.5) is 17.3 Å². The number of nitrogen functional groups attached to an aromatic ring is 1. The van der Waals surface area contributed by atoms with Crippen LogP contribution in [0, 0.1) is 6.92 Å². The predicted molar refractivity (Wildman–Crippen MR) is 87.3 cm³/mol. The highest BCUT2D eigenvalue weighted by molar-refractivity contribution is 9.10. The van der Waals surface area contributed by atoms with Crippen LogP contribution in [0.2, 0.25) is 0 Å². The van der Waals surface area contributed by atoms with Crippen molar-refractivity contribution >= 4 is 33.3 Å². The number of nitrogens with one attached hydrogen (secondary N) is 1. The van der Waals surface area contributed by atoms with Crippen LogP contribution >= 0.6 is 15.9 Å². The summed E-state index contributed by atoms with van der Waals surface area (Å²) in [6.45, 7) is 8.24. The fourth-order valence-electron chi connectivity index (χ4n) is 1.74. The van der Waals surface area contributed by atoms with Gasteiger partial charge < -0.3 is 11.1 Å². The van der Waals surface area contributed by atoms with Gasteiger partial charge in [0.1, 0.15) is 17.5 Å². The third-order valence-corrected chi connectivity index (χ3v) is 3.49. The van der Waals surface area contributed by atoms with Crippen molar-refractivity contribution < 1.29 is 0 Å². The van der Waals surface area contributed by atoms with E-state index in [1.165, 1.54) is 5.56 Å². The molecule has 1 aromatic carbocycles. The van der Waals surface area contributed by atoms with Crippen molar-refractivity contribution in [3.63, 3.8) is 0 Å². The summed E-state index contributed by atoms with van der Waals surface area (Å²) < 4.78 is 0.984. The van der Waals surface area contributed by atoms with E-state index in [0.717, 1.165) is 16.0 Å². The van der Waals surface area contributed by atoms with Gasteiger partial charge in [-0.3, -0.25) is 0 Å². The maximum absolute atomic E-state index is 5.87. The molecule has 0 saturated carbocycles. The second-order valence-electron chi connectivity index (χ2n) is 5.86. The number of aryl methyl sites for hydroxylation is 1. The monoisotopic (exact) mass is 334 g/mol. The van der Waals surface area contributed by atoms with Crippen molar-refractivity contribution in [1.82, 2.24) is 9.97 Å². The number of benzene rings is 1. The molecule has 2 rings (SSSR count). The van der Waals surface area contributed by atoms with Crippen molar-refractivity contribution in [2.75, 3.05) is 11.1 Å². The smallest absolute Gasteiger partial charge is 0.138 e. The summed E-state index contributed by atoms with van der Waals surface area (Å²) in [5, 5.41) is 3.29. The molecule has 0 aliphatic rings. The van der Waals surface area contributed by atoms with Crippen LogP contribution in [-0.2, 0) is 5.41 Å². The lowest BCUT2D eigenvalue weighted by Gasteiger charge is -2.18. The van der Waals surface area contributed by atoms with Crippen LogP contribution in [-0.4, -0.2) is 9.97 Å². The number of hydrogen-bond acceptors (Lipinski definition) is 4. The topological polar surface area (TPSA) is 63.8 Å². The SMILES string of the molecule is Cc1ccc(Br)c(Nc2cc(N)nc(C(C)(C)C)n2)c1. The van der Waals surface area contributed by atoms with Crippen molar-refractivity contribution in [1.29, 1.82) is 0 Å². The van der Waals surface area contributed by atoms with E-state index in [2.05, 4.69) is 58.1 Å². The summed E-state index contributed by atoms with van der Waals surface area (Å²) >= 11 is 3.53. The number of nitrogens with two attached hydrogens (primary N) is 1. The molecular weight excluding hydrogens is 316 g/mol. The van der Waals surface area contributed by atoms with Crippen LogP contribution in [0.3, 0.4) is 0 Å². The molecule has 3 N–H and O–H groups in total. The van der Waals surface area contributed by atoms with Gasteiger partial charge >= 0.3 is 0 Å². The number of halogens is 1. The zero-order chi connectivity index (χ0) is 14.9. The zero-order valence-electron chi connectivity index (χ0n) is 12.2. The Morgan fingerprint density at radius 1 is 1.15 bits per heavy atom. The molecule has 2 aromatic rings. The van der Waals surface area contributed by atoms with Crippen molar-refractivity contribution in [2.24, 2.45) is 0 Å². The van der Waals surface area contributed by atoms with Gasteiger partial charge in [0.25, 0.3) is 0 Å². The van der Waals surface area contributed by atoms with Crippen LogP contribution < -0.4 is 11.1 Å². The van der Waals surface area contributed by atoms with Gasteiger partial charge in [-0.25, -0.2) is 9.97 Å². The number of hydrogen-bond donors (Lipinski definition) is 2. The minimum Gasteiger partial charge on any atom is -0.384 e. The molecule has 0 aliphatic carbocycles. The van der Waals surface area contributed by atoms with Crippen LogP contribution in [0.5, 0.6) is 0 Å². The number of nitrogens with zero attached hydrogens (tertiary/aromatic N) is 2. The summed E-state index contributed by atoms with van der Waals surface area (Å²) in [4.78, 5) is 8.85. The summed E-state index contributed by atoms with van der Waals surface area (Å²) in [6, 6.07) is 7.85. The summed E-state index contributed by atoms with van der Waals surface area (Å²) in [6.07, 6.45) is 0. The maximum Gasteiger partial charge on any atom is 0.138 e. The Bertz CT molecular complexity index is 632. The molecule has 1 heterocycles.